The molecule has 4 nitrogen and oxygen atoms in total. The maximum atomic E-state index is 5.03. The van der Waals surface area contributed by atoms with Gasteiger partial charge in [0, 0.05) is 0 Å². The Bertz CT molecular complexity index is 462. The molecule has 0 spiro atoms. The Hall–Kier alpha value is -1.01. The molecule has 1 N–H and O–H groups in total. The molecule has 0 atom stereocenters. The molecule has 0 amide bonds. The maximum Gasteiger partial charge on any atom is 0.176 e. The molecule has 0 saturated carbocycles. The second kappa shape index (κ2) is 3.04. The van der Waals surface area contributed by atoms with Gasteiger partial charge in [0.05, 0.1) is 11.3 Å². The Balaban J connectivity index is 2.64. The predicted octanol–water partition coefficient (Wildman–Crippen LogP) is 2.47. The van der Waals surface area contributed by atoms with Crippen LogP contribution in [-0.2, 0) is 0 Å². The van der Waals surface area contributed by atoms with Crippen LogP contribution in [0.2, 0.25) is 0 Å². The van der Waals surface area contributed by atoms with Crippen molar-refractivity contribution in [2.75, 3.05) is 0 Å². The first-order valence-electron chi connectivity index (χ1n) is 3.67. The number of aryl methyl sites for hydroxylation is 2. The molecule has 0 aliphatic rings. The van der Waals surface area contributed by atoms with Gasteiger partial charge in [-0.15, -0.1) is 0 Å². The summed E-state index contributed by atoms with van der Waals surface area (Å²) >= 11 is 6.36. The van der Waals surface area contributed by atoms with Crippen LogP contribution in [0.25, 0.3) is 10.6 Å². The molecule has 2 rings (SSSR count). The minimum Gasteiger partial charge on any atom is -0.361 e. The number of hydrogen-bond acceptors (Lipinski definition) is 5. The van der Waals surface area contributed by atoms with Crippen molar-refractivity contribution in [3.05, 3.63) is 15.4 Å². The summed E-state index contributed by atoms with van der Waals surface area (Å²) in [6.07, 6.45) is 0. The molecule has 68 valence electrons. The molecule has 13 heavy (non-hydrogen) atoms. The zero-order valence-corrected chi connectivity index (χ0v) is 8.75. The molecule has 0 aromatic carbocycles. The molecule has 0 radical (unpaired) electrons. The summed E-state index contributed by atoms with van der Waals surface area (Å²) in [6.45, 7) is 3.75. The highest BCUT2D eigenvalue weighted by Crippen LogP contribution is 2.27. The van der Waals surface area contributed by atoms with Crippen LogP contribution >= 0.6 is 23.6 Å². The third kappa shape index (κ3) is 1.42. The zero-order valence-electron chi connectivity index (χ0n) is 7.12. The van der Waals surface area contributed by atoms with Gasteiger partial charge in [-0.1, -0.05) is 16.5 Å². The number of hydrogen-bond donors (Lipinski definition) is 1. The lowest BCUT2D eigenvalue weighted by Crippen LogP contribution is -1.80. The summed E-state index contributed by atoms with van der Waals surface area (Å²) in [4.78, 5) is 0. The topological polar surface area (TPSA) is 54.7 Å². The molecular formula is C7H7N3OS2. The molecule has 0 aliphatic carbocycles. The molecule has 2 aromatic heterocycles. The minimum atomic E-state index is 0.662. The molecule has 2 aromatic rings. The summed E-state index contributed by atoms with van der Waals surface area (Å²) in [5.41, 5.74) is 1.78. The molecule has 2 heterocycles. The van der Waals surface area contributed by atoms with E-state index in [1.54, 1.807) is 0 Å². The number of nitrogens with one attached hydrogen (secondary N) is 1. The molecule has 6 heteroatoms. The highest BCUT2D eigenvalue weighted by atomic mass is 32.1. The standard InChI is InChI=1S/C7H7N3OS2/c1-3-5(4(2)11-10-3)6-8-9-7(12)13-6/h1-2H3,(H,9,12). The van der Waals surface area contributed by atoms with Gasteiger partial charge in [-0.25, -0.2) is 0 Å². The minimum absolute atomic E-state index is 0.662. The van der Waals surface area contributed by atoms with Gasteiger partial charge in [0.25, 0.3) is 0 Å². The van der Waals surface area contributed by atoms with Crippen LogP contribution in [0.5, 0.6) is 0 Å². The van der Waals surface area contributed by atoms with Crippen molar-refractivity contribution in [3.8, 4) is 10.6 Å². The third-order valence-electron chi connectivity index (χ3n) is 1.69. The fourth-order valence-corrected chi connectivity index (χ4v) is 2.16. The van der Waals surface area contributed by atoms with Gasteiger partial charge < -0.3 is 4.52 Å². The summed E-state index contributed by atoms with van der Waals surface area (Å²) in [7, 11) is 0. The van der Waals surface area contributed by atoms with E-state index in [0.29, 0.717) is 3.95 Å². The fourth-order valence-electron chi connectivity index (χ4n) is 1.13. The van der Waals surface area contributed by atoms with Crippen LogP contribution in [0.15, 0.2) is 4.52 Å². The van der Waals surface area contributed by atoms with E-state index < -0.39 is 0 Å². The normalized spacial score (nSPS) is 10.6. The number of aromatic nitrogens is 3. The van der Waals surface area contributed by atoms with Crippen molar-refractivity contribution in [3.63, 3.8) is 0 Å². The average molecular weight is 213 g/mol. The van der Waals surface area contributed by atoms with Crippen molar-refractivity contribution in [1.82, 2.24) is 15.4 Å². The monoisotopic (exact) mass is 213 g/mol. The molecule has 0 fully saturated rings. The number of rotatable bonds is 1. The van der Waals surface area contributed by atoms with Crippen molar-refractivity contribution < 1.29 is 4.52 Å². The van der Waals surface area contributed by atoms with E-state index in [2.05, 4.69) is 15.4 Å². The van der Waals surface area contributed by atoms with Crippen LogP contribution in [0.3, 0.4) is 0 Å². The maximum absolute atomic E-state index is 5.03. The summed E-state index contributed by atoms with van der Waals surface area (Å²) < 4.78 is 5.69. The smallest absolute Gasteiger partial charge is 0.176 e. The first kappa shape index (κ1) is 8.58. The van der Waals surface area contributed by atoms with Crippen LogP contribution in [0.1, 0.15) is 11.5 Å². The van der Waals surface area contributed by atoms with E-state index in [4.69, 9.17) is 16.7 Å². The van der Waals surface area contributed by atoms with Gasteiger partial charge in [0.15, 0.2) is 8.96 Å². The molecule has 0 saturated heterocycles. The van der Waals surface area contributed by atoms with Crippen LogP contribution in [-0.4, -0.2) is 15.4 Å². The van der Waals surface area contributed by atoms with Crippen LogP contribution in [0, 0.1) is 17.8 Å². The Morgan fingerprint density at radius 3 is 2.69 bits per heavy atom. The number of nitrogens with zero attached hydrogens (tertiary/aromatic N) is 2. The van der Waals surface area contributed by atoms with Gasteiger partial charge in [-0.05, 0) is 26.1 Å². The van der Waals surface area contributed by atoms with Crippen molar-refractivity contribution >= 4 is 23.6 Å². The van der Waals surface area contributed by atoms with Crippen LogP contribution in [0.4, 0.5) is 0 Å². The van der Waals surface area contributed by atoms with Gasteiger partial charge >= 0.3 is 0 Å². The summed E-state index contributed by atoms with van der Waals surface area (Å²) in [5.74, 6) is 0.773. The molecule has 0 aliphatic heterocycles. The fraction of sp³-hybridized carbons (Fsp3) is 0.286. The SMILES string of the molecule is Cc1noc(C)c1-c1n[nH]c(=S)s1. The Morgan fingerprint density at radius 1 is 1.46 bits per heavy atom. The van der Waals surface area contributed by atoms with E-state index in [-0.39, 0.29) is 0 Å². The van der Waals surface area contributed by atoms with Gasteiger partial charge in [-0.2, -0.15) is 5.10 Å². The highest BCUT2D eigenvalue weighted by molar-refractivity contribution is 7.73. The lowest BCUT2D eigenvalue weighted by Gasteiger charge is -1.89. The van der Waals surface area contributed by atoms with Gasteiger partial charge in [0.1, 0.15) is 5.76 Å². The predicted molar refractivity (Wildman–Crippen MR) is 52.3 cm³/mol. The van der Waals surface area contributed by atoms with Crippen molar-refractivity contribution in [2.45, 2.75) is 13.8 Å². The van der Waals surface area contributed by atoms with Crippen molar-refractivity contribution in [1.29, 1.82) is 0 Å². The first-order chi connectivity index (χ1) is 6.18. The van der Waals surface area contributed by atoms with E-state index in [1.165, 1.54) is 11.3 Å². The highest BCUT2D eigenvalue weighted by Gasteiger charge is 2.13. The first-order valence-corrected chi connectivity index (χ1v) is 4.89. The largest absolute Gasteiger partial charge is 0.361 e. The van der Waals surface area contributed by atoms with E-state index in [1.807, 2.05) is 13.8 Å². The third-order valence-corrected chi connectivity index (χ3v) is 2.79. The molecule has 0 bridgehead atoms. The zero-order chi connectivity index (χ0) is 9.42. The Labute approximate surface area is 83.6 Å². The summed E-state index contributed by atoms with van der Waals surface area (Å²) in [5, 5.41) is 11.5. The number of aromatic amines is 1. The lowest BCUT2D eigenvalue weighted by molar-refractivity contribution is 0.393. The number of H-pyrrole nitrogens is 1. The summed E-state index contributed by atoms with van der Waals surface area (Å²) in [6, 6.07) is 0. The van der Waals surface area contributed by atoms with Crippen LogP contribution < -0.4 is 0 Å². The van der Waals surface area contributed by atoms with E-state index in [9.17, 15) is 0 Å². The lowest BCUT2D eigenvalue weighted by atomic mass is 10.2. The quantitative estimate of drug-likeness (QED) is 0.739. The van der Waals surface area contributed by atoms with Crippen molar-refractivity contribution in [2.24, 2.45) is 0 Å². The van der Waals surface area contributed by atoms with E-state index >= 15 is 0 Å². The average Bonchev–Trinajstić information content (AvgIpc) is 2.60. The van der Waals surface area contributed by atoms with E-state index in [0.717, 1.165) is 22.0 Å². The molecular weight excluding hydrogens is 206 g/mol. The Morgan fingerprint density at radius 2 is 2.23 bits per heavy atom. The Kier molecular flexibility index (Phi) is 2.01. The second-order valence-electron chi connectivity index (χ2n) is 2.62. The second-order valence-corrected chi connectivity index (χ2v) is 4.28. The van der Waals surface area contributed by atoms with Gasteiger partial charge in [-0.3, -0.25) is 5.10 Å². The molecule has 0 unspecified atom stereocenters. The van der Waals surface area contributed by atoms with Gasteiger partial charge in [0.2, 0.25) is 0 Å².